The standard InChI is InChI=1S/C15H15ClO4/c1-19-14(17)12-11(13(12)15(18)20-2)8-5-9-3-6-10(16)7-4-9/h3-8,11-13H,1-2H3/b8-5+/t12-,13-/m0/s1. The van der Waals surface area contributed by atoms with Crippen LogP contribution in [0, 0.1) is 17.8 Å². The Labute approximate surface area is 122 Å². The molecule has 2 rings (SSSR count). The number of carbonyl (C=O) groups is 2. The molecule has 5 heteroatoms. The van der Waals surface area contributed by atoms with Crippen LogP contribution in [0.1, 0.15) is 5.56 Å². The minimum absolute atomic E-state index is 0.175. The summed E-state index contributed by atoms with van der Waals surface area (Å²) in [4.78, 5) is 23.2. The highest BCUT2D eigenvalue weighted by Crippen LogP contribution is 2.49. The van der Waals surface area contributed by atoms with Gasteiger partial charge in [0.1, 0.15) is 0 Å². The van der Waals surface area contributed by atoms with E-state index in [1.807, 2.05) is 24.3 Å². The Kier molecular flexibility index (Phi) is 4.45. The van der Waals surface area contributed by atoms with E-state index < -0.39 is 11.8 Å². The Morgan fingerprint density at radius 1 is 1.05 bits per heavy atom. The number of hydrogen-bond donors (Lipinski definition) is 0. The number of hydrogen-bond acceptors (Lipinski definition) is 4. The first-order chi connectivity index (χ1) is 9.58. The Morgan fingerprint density at radius 2 is 1.55 bits per heavy atom. The van der Waals surface area contributed by atoms with Gasteiger partial charge in [-0.1, -0.05) is 35.9 Å². The van der Waals surface area contributed by atoms with Crippen LogP contribution in [0.3, 0.4) is 0 Å². The van der Waals surface area contributed by atoms with Crippen molar-refractivity contribution in [1.29, 1.82) is 0 Å². The van der Waals surface area contributed by atoms with E-state index >= 15 is 0 Å². The Bertz CT molecular complexity index is 513. The molecule has 1 fully saturated rings. The number of esters is 2. The topological polar surface area (TPSA) is 52.6 Å². The van der Waals surface area contributed by atoms with Crippen molar-refractivity contribution in [3.05, 3.63) is 40.9 Å². The second-order valence-electron chi connectivity index (χ2n) is 4.59. The van der Waals surface area contributed by atoms with Gasteiger partial charge in [-0.3, -0.25) is 9.59 Å². The van der Waals surface area contributed by atoms with Gasteiger partial charge < -0.3 is 9.47 Å². The SMILES string of the molecule is COC(=O)[C@H]1C(/C=C/c2ccc(Cl)cc2)[C@@H]1C(=O)OC. The van der Waals surface area contributed by atoms with E-state index in [2.05, 4.69) is 0 Å². The Balaban J connectivity index is 2.09. The molecule has 0 unspecified atom stereocenters. The van der Waals surface area contributed by atoms with Gasteiger partial charge in [-0.15, -0.1) is 0 Å². The van der Waals surface area contributed by atoms with Gasteiger partial charge in [-0.2, -0.15) is 0 Å². The monoisotopic (exact) mass is 294 g/mol. The van der Waals surface area contributed by atoms with Crippen molar-refractivity contribution in [1.82, 2.24) is 0 Å². The third-order valence-electron chi connectivity index (χ3n) is 3.40. The van der Waals surface area contributed by atoms with E-state index in [0.29, 0.717) is 5.02 Å². The lowest BCUT2D eigenvalue weighted by molar-refractivity contribution is -0.148. The lowest BCUT2D eigenvalue weighted by Gasteiger charge is -1.95. The van der Waals surface area contributed by atoms with Crippen molar-refractivity contribution in [3.63, 3.8) is 0 Å². The third kappa shape index (κ3) is 3.02. The lowest BCUT2D eigenvalue weighted by Crippen LogP contribution is -2.10. The second-order valence-corrected chi connectivity index (χ2v) is 5.02. The largest absolute Gasteiger partial charge is 0.469 e. The maximum atomic E-state index is 11.6. The smallest absolute Gasteiger partial charge is 0.310 e. The maximum absolute atomic E-state index is 11.6. The highest BCUT2D eigenvalue weighted by Gasteiger charge is 2.59. The molecule has 2 atom stereocenters. The Hall–Kier alpha value is -1.81. The number of halogens is 1. The van der Waals surface area contributed by atoms with Crippen LogP contribution >= 0.6 is 11.6 Å². The molecule has 1 saturated carbocycles. The van der Waals surface area contributed by atoms with Gasteiger partial charge >= 0.3 is 11.9 Å². The molecule has 0 bridgehead atoms. The van der Waals surface area contributed by atoms with E-state index in [1.54, 1.807) is 12.1 Å². The third-order valence-corrected chi connectivity index (χ3v) is 3.65. The summed E-state index contributed by atoms with van der Waals surface area (Å²) in [5.74, 6) is -1.84. The van der Waals surface area contributed by atoms with Gasteiger partial charge in [-0.25, -0.2) is 0 Å². The minimum atomic E-state index is -0.448. The minimum Gasteiger partial charge on any atom is -0.469 e. The van der Waals surface area contributed by atoms with Crippen LogP contribution in [0.4, 0.5) is 0 Å². The lowest BCUT2D eigenvalue weighted by atomic mass is 10.2. The summed E-state index contributed by atoms with van der Waals surface area (Å²) in [6, 6.07) is 7.29. The predicted octanol–water partition coefficient (Wildman–Crippen LogP) is 2.56. The molecule has 0 radical (unpaired) electrons. The van der Waals surface area contributed by atoms with Crippen LogP contribution in [0.2, 0.25) is 5.02 Å². The van der Waals surface area contributed by atoms with E-state index in [-0.39, 0.29) is 17.9 Å². The summed E-state index contributed by atoms with van der Waals surface area (Å²) in [7, 11) is 2.63. The van der Waals surface area contributed by atoms with Gasteiger partial charge in [0.05, 0.1) is 26.1 Å². The average Bonchev–Trinajstić information content (AvgIpc) is 3.19. The molecule has 0 heterocycles. The predicted molar refractivity (Wildman–Crippen MR) is 75.0 cm³/mol. The molecule has 1 aromatic carbocycles. The van der Waals surface area contributed by atoms with Crippen LogP contribution in [0.15, 0.2) is 30.3 Å². The fourth-order valence-electron chi connectivity index (χ4n) is 2.25. The van der Waals surface area contributed by atoms with Crippen LogP contribution in [0.5, 0.6) is 0 Å². The summed E-state index contributed by atoms with van der Waals surface area (Å²) < 4.78 is 9.40. The molecule has 0 spiro atoms. The first kappa shape index (κ1) is 14.6. The molecule has 106 valence electrons. The molecule has 0 N–H and O–H groups in total. The van der Waals surface area contributed by atoms with Crippen LogP contribution in [0.25, 0.3) is 6.08 Å². The van der Waals surface area contributed by atoms with Gasteiger partial charge in [0.2, 0.25) is 0 Å². The summed E-state index contributed by atoms with van der Waals surface area (Å²) in [5, 5.41) is 0.661. The van der Waals surface area contributed by atoms with Crippen LogP contribution in [-0.4, -0.2) is 26.2 Å². The summed E-state index contributed by atoms with van der Waals surface area (Å²) in [5.41, 5.74) is 0.952. The van der Waals surface area contributed by atoms with Crippen molar-refractivity contribution < 1.29 is 19.1 Å². The van der Waals surface area contributed by atoms with Crippen LogP contribution < -0.4 is 0 Å². The molecule has 1 aromatic rings. The van der Waals surface area contributed by atoms with Crippen molar-refractivity contribution >= 4 is 29.6 Å². The zero-order valence-corrected chi connectivity index (χ0v) is 12.0. The molecule has 4 nitrogen and oxygen atoms in total. The van der Waals surface area contributed by atoms with Crippen molar-refractivity contribution in [3.8, 4) is 0 Å². The number of allylic oxidation sites excluding steroid dienone is 1. The van der Waals surface area contributed by atoms with Gasteiger partial charge in [0.15, 0.2) is 0 Å². The summed E-state index contributed by atoms with van der Waals surface area (Å²) in [6.07, 6.45) is 3.70. The highest BCUT2D eigenvalue weighted by molar-refractivity contribution is 6.30. The number of rotatable bonds is 4. The normalized spacial score (nSPS) is 24.4. The van der Waals surface area contributed by atoms with Crippen molar-refractivity contribution in [2.75, 3.05) is 14.2 Å². The Morgan fingerprint density at radius 3 is 2.00 bits per heavy atom. The molecule has 0 aromatic heterocycles. The summed E-state index contributed by atoms with van der Waals surface area (Å²) >= 11 is 5.81. The average molecular weight is 295 g/mol. The van der Waals surface area contributed by atoms with Gasteiger partial charge in [-0.05, 0) is 17.7 Å². The molecule has 0 aliphatic heterocycles. The second kappa shape index (κ2) is 6.09. The van der Waals surface area contributed by atoms with E-state index in [4.69, 9.17) is 21.1 Å². The molecule has 1 aliphatic carbocycles. The van der Waals surface area contributed by atoms with Crippen molar-refractivity contribution in [2.45, 2.75) is 0 Å². The summed E-state index contributed by atoms with van der Waals surface area (Å²) in [6.45, 7) is 0. The van der Waals surface area contributed by atoms with E-state index in [1.165, 1.54) is 14.2 Å². The zero-order chi connectivity index (χ0) is 14.7. The van der Waals surface area contributed by atoms with Gasteiger partial charge in [0, 0.05) is 10.9 Å². The number of benzene rings is 1. The fourth-order valence-corrected chi connectivity index (χ4v) is 2.38. The first-order valence-corrected chi connectivity index (χ1v) is 6.55. The van der Waals surface area contributed by atoms with Gasteiger partial charge in [0.25, 0.3) is 0 Å². The fraction of sp³-hybridized carbons (Fsp3) is 0.333. The molecule has 0 amide bonds. The molecular weight excluding hydrogens is 280 g/mol. The quantitative estimate of drug-likeness (QED) is 0.801. The highest BCUT2D eigenvalue weighted by atomic mass is 35.5. The molecule has 1 aliphatic rings. The van der Waals surface area contributed by atoms with E-state index in [9.17, 15) is 9.59 Å². The van der Waals surface area contributed by atoms with Crippen LogP contribution in [-0.2, 0) is 19.1 Å². The number of carbonyl (C=O) groups excluding carboxylic acids is 2. The van der Waals surface area contributed by atoms with Crippen molar-refractivity contribution in [2.24, 2.45) is 17.8 Å². The first-order valence-electron chi connectivity index (χ1n) is 6.18. The van der Waals surface area contributed by atoms with E-state index in [0.717, 1.165) is 5.56 Å². The number of ether oxygens (including phenoxy) is 2. The molecule has 0 saturated heterocycles. The number of methoxy groups -OCH3 is 2. The zero-order valence-electron chi connectivity index (χ0n) is 11.2. The molecular formula is C15H15ClO4. The maximum Gasteiger partial charge on any atom is 0.310 e. The molecule has 20 heavy (non-hydrogen) atoms.